The Kier molecular flexibility index (Phi) is 5.78. The summed E-state index contributed by atoms with van der Waals surface area (Å²) in [7, 11) is 1.64. The number of hydrogen-bond donors (Lipinski definition) is 0. The maximum atomic E-state index is 12.8. The van der Waals surface area contributed by atoms with E-state index in [0.717, 1.165) is 28.6 Å². The summed E-state index contributed by atoms with van der Waals surface area (Å²) in [6.07, 6.45) is 2.79. The summed E-state index contributed by atoms with van der Waals surface area (Å²) in [4.78, 5) is 20.0. The van der Waals surface area contributed by atoms with Gasteiger partial charge in [0.1, 0.15) is 5.75 Å². The Morgan fingerprint density at radius 2 is 1.81 bits per heavy atom. The van der Waals surface area contributed by atoms with E-state index in [1.165, 1.54) is 17.3 Å². The summed E-state index contributed by atoms with van der Waals surface area (Å²) in [5, 5.41) is 0.737. The third-order valence-corrected chi connectivity index (χ3v) is 5.01. The molecule has 4 nitrogen and oxygen atoms in total. The molecule has 0 bridgehead atoms. The lowest BCUT2D eigenvalue weighted by Gasteiger charge is -2.13. The van der Waals surface area contributed by atoms with E-state index in [1.807, 2.05) is 61.5 Å². The maximum absolute atomic E-state index is 12.8. The molecule has 1 heterocycles. The number of thioether (sulfide) groups is 1. The predicted octanol–water partition coefficient (Wildman–Crippen LogP) is 5.02. The van der Waals surface area contributed by atoms with Gasteiger partial charge in [0.15, 0.2) is 5.17 Å². The number of aliphatic imine (C=N–C) groups is 1. The molecule has 0 saturated carbocycles. The van der Waals surface area contributed by atoms with Crippen LogP contribution in [0.1, 0.15) is 24.5 Å². The molecule has 0 N–H and O–H groups in total. The lowest BCUT2D eigenvalue weighted by atomic mass is 10.2. The fourth-order valence-electron chi connectivity index (χ4n) is 2.59. The number of hydrogen-bond acceptors (Lipinski definition) is 4. The number of amides is 1. The smallest absolute Gasteiger partial charge is 0.266 e. The Balaban J connectivity index is 1.89. The molecule has 1 aliphatic rings. The van der Waals surface area contributed by atoms with Crippen molar-refractivity contribution in [3.05, 3.63) is 64.6 Å². The van der Waals surface area contributed by atoms with Crippen LogP contribution in [-0.2, 0) is 4.79 Å². The lowest BCUT2D eigenvalue weighted by Crippen LogP contribution is -2.29. The summed E-state index contributed by atoms with van der Waals surface area (Å²) < 4.78 is 5.18. The molecule has 0 unspecified atom stereocenters. The van der Waals surface area contributed by atoms with Gasteiger partial charge in [0.25, 0.3) is 5.91 Å². The number of rotatable bonds is 5. The molecule has 0 aromatic heterocycles. The van der Waals surface area contributed by atoms with Crippen molar-refractivity contribution in [3.63, 3.8) is 0 Å². The van der Waals surface area contributed by atoms with E-state index in [4.69, 9.17) is 9.73 Å². The van der Waals surface area contributed by atoms with E-state index >= 15 is 0 Å². The van der Waals surface area contributed by atoms with Gasteiger partial charge in [0.2, 0.25) is 0 Å². The molecular weight excluding hydrogens is 344 g/mol. The number of benzene rings is 2. The topological polar surface area (TPSA) is 41.9 Å². The lowest BCUT2D eigenvalue weighted by molar-refractivity contribution is -0.122. The Morgan fingerprint density at radius 1 is 1.12 bits per heavy atom. The number of methoxy groups -OCH3 is 1. The predicted molar refractivity (Wildman–Crippen MR) is 109 cm³/mol. The maximum Gasteiger partial charge on any atom is 0.266 e. The molecule has 0 aliphatic carbocycles. The van der Waals surface area contributed by atoms with Crippen molar-refractivity contribution in [2.24, 2.45) is 4.99 Å². The van der Waals surface area contributed by atoms with Crippen LogP contribution in [0.3, 0.4) is 0 Å². The van der Waals surface area contributed by atoms with Gasteiger partial charge in [0.05, 0.1) is 17.7 Å². The Bertz CT molecular complexity index is 839. The summed E-state index contributed by atoms with van der Waals surface area (Å²) in [5.74, 6) is 0.810. The van der Waals surface area contributed by atoms with Gasteiger partial charge >= 0.3 is 0 Å². The van der Waals surface area contributed by atoms with E-state index in [-0.39, 0.29) is 5.91 Å². The van der Waals surface area contributed by atoms with Crippen molar-refractivity contribution in [1.82, 2.24) is 4.90 Å². The summed E-state index contributed by atoms with van der Waals surface area (Å²) in [5.41, 5.74) is 3.02. The Labute approximate surface area is 158 Å². The van der Waals surface area contributed by atoms with Crippen LogP contribution in [0.5, 0.6) is 5.75 Å². The first kappa shape index (κ1) is 18.3. The fraction of sp³-hybridized carbons (Fsp3) is 0.238. The average molecular weight is 366 g/mol. The van der Waals surface area contributed by atoms with Crippen LogP contribution in [0.4, 0.5) is 5.69 Å². The number of amidine groups is 1. The number of nitrogens with zero attached hydrogens (tertiary/aromatic N) is 2. The van der Waals surface area contributed by atoms with Crippen LogP contribution in [0.2, 0.25) is 0 Å². The van der Waals surface area contributed by atoms with Gasteiger partial charge in [-0.15, -0.1) is 0 Å². The van der Waals surface area contributed by atoms with E-state index in [1.54, 1.807) is 12.0 Å². The van der Waals surface area contributed by atoms with Gasteiger partial charge in [-0.2, -0.15) is 0 Å². The number of carbonyl (C=O) groups excluding carboxylic acids is 1. The highest BCUT2D eigenvalue weighted by atomic mass is 32.2. The molecule has 5 heteroatoms. The Hall–Kier alpha value is -2.53. The molecule has 2 aromatic carbocycles. The van der Waals surface area contributed by atoms with Crippen LogP contribution in [0.25, 0.3) is 6.08 Å². The molecule has 0 spiro atoms. The van der Waals surface area contributed by atoms with Crippen molar-refractivity contribution >= 4 is 34.6 Å². The van der Waals surface area contributed by atoms with Gasteiger partial charge in [-0.1, -0.05) is 36.8 Å². The number of carbonyl (C=O) groups is 1. The second kappa shape index (κ2) is 8.23. The minimum atomic E-state index is 0.0125. The largest absolute Gasteiger partial charge is 0.497 e. The van der Waals surface area contributed by atoms with Gasteiger partial charge < -0.3 is 4.74 Å². The monoisotopic (exact) mass is 366 g/mol. The van der Waals surface area contributed by atoms with Crippen LogP contribution in [0, 0.1) is 6.92 Å². The highest BCUT2D eigenvalue weighted by molar-refractivity contribution is 8.18. The van der Waals surface area contributed by atoms with E-state index in [0.29, 0.717) is 11.4 Å². The zero-order valence-corrected chi connectivity index (χ0v) is 16.0. The van der Waals surface area contributed by atoms with Crippen molar-refractivity contribution in [2.75, 3.05) is 13.7 Å². The fourth-order valence-corrected chi connectivity index (χ4v) is 3.62. The Morgan fingerprint density at radius 3 is 2.42 bits per heavy atom. The highest BCUT2D eigenvalue weighted by Crippen LogP contribution is 2.34. The molecule has 0 radical (unpaired) electrons. The second-order valence-corrected chi connectivity index (χ2v) is 7.08. The van der Waals surface area contributed by atoms with Crippen molar-refractivity contribution in [3.8, 4) is 5.75 Å². The van der Waals surface area contributed by atoms with Gasteiger partial charge in [-0.05, 0) is 61.0 Å². The standard InChI is InChI=1S/C21H22N2O2S/c1-4-13-23-20(24)19(14-16-7-11-18(25-3)12-8-16)26-21(23)22-17-9-5-15(2)6-10-17/h5-12,14H,4,13H2,1-3H3. The van der Waals surface area contributed by atoms with E-state index in [9.17, 15) is 4.79 Å². The van der Waals surface area contributed by atoms with Gasteiger partial charge in [-0.3, -0.25) is 9.69 Å². The van der Waals surface area contributed by atoms with Crippen LogP contribution >= 0.6 is 11.8 Å². The molecule has 1 saturated heterocycles. The molecule has 26 heavy (non-hydrogen) atoms. The quantitative estimate of drug-likeness (QED) is 0.698. The molecular formula is C21H22N2O2S. The molecule has 0 atom stereocenters. The summed E-state index contributed by atoms with van der Waals surface area (Å²) in [6, 6.07) is 15.7. The third-order valence-electron chi connectivity index (χ3n) is 4.01. The first-order valence-corrected chi connectivity index (χ1v) is 9.43. The molecule has 1 fully saturated rings. The van der Waals surface area contributed by atoms with Gasteiger partial charge in [0, 0.05) is 6.54 Å². The van der Waals surface area contributed by atoms with Gasteiger partial charge in [-0.25, -0.2) is 4.99 Å². The first-order valence-electron chi connectivity index (χ1n) is 8.61. The molecule has 1 aliphatic heterocycles. The first-order chi connectivity index (χ1) is 12.6. The van der Waals surface area contributed by atoms with Crippen molar-refractivity contribution in [2.45, 2.75) is 20.3 Å². The number of aryl methyl sites for hydroxylation is 1. The third kappa shape index (κ3) is 4.17. The minimum Gasteiger partial charge on any atom is -0.497 e. The van der Waals surface area contributed by atoms with E-state index in [2.05, 4.69) is 6.92 Å². The molecule has 3 rings (SSSR count). The van der Waals surface area contributed by atoms with Crippen LogP contribution < -0.4 is 4.74 Å². The summed E-state index contributed by atoms with van der Waals surface area (Å²) in [6.45, 7) is 4.77. The van der Waals surface area contributed by atoms with Crippen molar-refractivity contribution in [1.29, 1.82) is 0 Å². The minimum absolute atomic E-state index is 0.0125. The van der Waals surface area contributed by atoms with Crippen LogP contribution in [-0.4, -0.2) is 29.6 Å². The van der Waals surface area contributed by atoms with E-state index < -0.39 is 0 Å². The zero-order valence-electron chi connectivity index (χ0n) is 15.2. The van der Waals surface area contributed by atoms with Crippen LogP contribution in [0.15, 0.2) is 58.4 Å². The molecule has 134 valence electrons. The zero-order chi connectivity index (χ0) is 18.5. The molecule has 1 amide bonds. The normalized spacial score (nSPS) is 17.3. The van der Waals surface area contributed by atoms with Crippen molar-refractivity contribution < 1.29 is 9.53 Å². The second-order valence-electron chi connectivity index (χ2n) is 6.07. The SMILES string of the molecule is CCCN1C(=O)C(=Cc2ccc(OC)cc2)SC1=Nc1ccc(C)cc1. The number of ether oxygens (including phenoxy) is 1. The highest BCUT2D eigenvalue weighted by Gasteiger charge is 2.32. The average Bonchev–Trinajstić information content (AvgIpc) is 2.93. The summed E-state index contributed by atoms with van der Waals surface area (Å²) >= 11 is 1.43. The molecule has 2 aromatic rings.